The number of carbonyl (C=O) groups excluding carboxylic acids is 1. The molecule has 0 aliphatic carbocycles. The van der Waals surface area contributed by atoms with E-state index in [1.54, 1.807) is 31.1 Å². The summed E-state index contributed by atoms with van der Waals surface area (Å²) in [6.07, 6.45) is 1.89. The number of aliphatic hydroxyl groups excluding tert-OH is 1. The highest BCUT2D eigenvalue weighted by Crippen LogP contribution is 2.41. The van der Waals surface area contributed by atoms with E-state index in [0.29, 0.717) is 47.9 Å². The van der Waals surface area contributed by atoms with Gasteiger partial charge in [-0.25, -0.2) is 4.39 Å². The van der Waals surface area contributed by atoms with Crippen molar-refractivity contribution in [1.29, 1.82) is 5.41 Å². The fraction of sp³-hybridized carbons (Fsp3) is 0.517. The van der Waals surface area contributed by atoms with Crippen LogP contribution in [0.3, 0.4) is 0 Å². The zero-order chi connectivity index (χ0) is 27.6. The number of carbonyl (C=O) groups is 1. The smallest absolute Gasteiger partial charge is 0.197 e. The Hall–Kier alpha value is -3.33. The highest BCUT2D eigenvalue weighted by molar-refractivity contribution is 6.06. The monoisotopic (exact) mass is 527 g/mol. The average molecular weight is 528 g/mol. The number of halogens is 1. The summed E-state index contributed by atoms with van der Waals surface area (Å²) in [6.45, 7) is 9.04. The first-order valence-corrected chi connectivity index (χ1v) is 13.4. The topological polar surface area (TPSA) is 95.3 Å². The second-order valence-electron chi connectivity index (χ2n) is 9.99. The van der Waals surface area contributed by atoms with Crippen molar-refractivity contribution >= 4 is 17.3 Å². The third-order valence-corrected chi connectivity index (χ3v) is 7.13. The van der Waals surface area contributed by atoms with Crippen LogP contribution in [0.5, 0.6) is 17.2 Å². The first-order valence-electron chi connectivity index (χ1n) is 13.4. The van der Waals surface area contributed by atoms with E-state index < -0.39 is 12.0 Å². The van der Waals surface area contributed by atoms with Crippen molar-refractivity contribution in [3.05, 3.63) is 46.3 Å². The number of ketones is 1. The van der Waals surface area contributed by atoms with Crippen LogP contribution < -0.4 is 19.1 Å². The van der Waals surface area contributed by atoms with Gasteiger partial charge in [0.2, 0.25) is 0 Å². The number of methoxy groups -OCH3 is 1. The molecular formula is C29H38FN3O5. The zero-order valence-corrected chi connectivity index (χ0v) is 22.9. The number of benzene rings is 2. The summed E-state index contributed by atoms with van der Waals surface area (Å²) in [5, 5.41) is 19.4. The van der Waals surface area contributed by atoms with Crippen molar-refractivity contribution in [2.45, 2.75) is 65.6 Å². The Bertz CT molecular complexity index is 1220. The van der Waals surface area contributed by atoms with Gasteiger partial charge in [0, 0.05) is 18.7 Å². The summed E-state index contributed by atoms with van der Waals surface area (Å²) in [5.41, 5.74) is 2.76. The standard InChI is InChI=1S/C29H38FN3O5/c1-6-37-23-14-19-15-32(29(31)25(19)26(30)28(23)38-7-2)16-22(34)18-12-20(17(3)4)27(36-5)21(13-18)33-11-9-8-10-24(33)35/h12-14,17,24,31,35H,6-11,15-16H2,1-5H3. The number of ether oxygens (including phenoxy) is 3. The van der Waals surface area contributed by atoms with Crippen LogP contribution in [0.2, 0.25) is 0 Å². The van der Waals surface area contributed by atoms with E-state index in [4.69, 9.17) is 19.6 Å². The van der Waals surface area contributed by atoms with E-state index >= 15 is 4.39 Å². The first-order chi connectivity index (χ1) is 18.2. The molecule has 1 atom stereocenters. The predicted octanol–water partition coefficient (Wildman–Crippen LogP) is 5.09. The Morgan fingerprint density at radius 2 is 1.89 bits per heavy atom. The molecule has 0 spiro atoms. The highest BCUT2D eigenvalue weighted by atomic mass is 19.1. The number of hydrogen-bond donors (Lipinski definition) is 2. The van der Waals surface area contributed by atoms with Crippen molar-refractivity contribution in [1.82, 2.24) is 4.90 Å². The lowest BCUT2D eigenvalue weighted by Gasteiger charge is -2.36. The van der Waals surface area contributed by atoms with Gasteiger partial charge in [-0.2, -0.15) is 0 Å². The molecule has 0 bridgehead atoms. The van der Waals surface area contributed by atoms with Crippen LogP contribution in [0.15, 0.2) is 18.2 Å². The molecule has 8 nitrogen and oxygen atoms in total. The molecule has 9 heteroatoms. The number of fused-ring (bicyclic) bond motifs is 1. The fourth-order valence-electron chi connectivity index (χ4n) is 5.28. The molecule has 2 heterocycles. The van der Waals surface area contributed by atoms with Gasteiger partial charge in [-0.1, -0.05) is 13.8 Å². The molecule has 2 aliphatic rings. The van der Waals surface area contributed by atoms with Gasteiger partial charge in [0.1, 0.15) is 17.8 Å². The van der Waals surface area contributed by atoms with E-state index in [1.807, 2.05) is 31.7 Å². The maximum Gasteiger partial charge on any atom is 0.197 e. The molecule has 1 unspecified atom stereocenters. The van der Waals surface area contributed by atoms with Gasteiger partial charge < -0.3 is 29.1 Å². The van der Waals surface area contributed by atoms with E-state index in [-0.39, 0.29) is 48.5 Å². The minimum atomic E-state index is -0.647. The summed E-state index contributed by atoms with van der Waals surface area (Å²) >= 11 is 0. The largest absolute Gasteiger partial charge is 0.494 e. The predicted molar refractivity (Wildman–Crippen MR) is 145 cm³/mol. The van der Waals surface area contributed by atoms with Crippen LogP contribution in [0, 0.1) is 11.2 Å². The molecule has 0 aromatic heterocycles. The van der Waals surface area contributed by atoms with Crippen molar-refractivity contribution in [3.63, 3.8) is 0 Å². The van der Waals surface area contributed by atoms with E-state index in [0.717, 1.165) is 18.4 Å². The Morgan fingerprint density at radius 1 is 1.16 bits per heavy atom. The minimum Gasteiger partial charge on any atom is -0.494 e. The van der Waals surface area contributed by atoms with Gasteiger partial charge in [0.25, 0.3) is 0 Å². The molecule has 0 radical (unpaired) electrons. The number of amidine groups is 1. The van der Waals surface area contributed by atoms with Gasteiger partial charge in [-0.15, -0.1) is 0 Å². The Labute approximate surface area is 223 Å². The van der Waals surface area contributed by atoms with Crippen LogP contribution in [-0.2, 0) is 6.54 Å². The lowest BCUT2D eigenvalue weighted by atomic mass is 9.95. The molecule has 2 N–H and O–H groups in total. The van der Waals surface area contributed by atoms with Gasteiger partial charge >= 0.3 is 0 Å². The number of aliphatic hydroxyl groups is 1. The Kier molecular flexibility index (Phi) is 8.45. The van der Waals surface area contributed by atoms with E-state index in [9.17, 15) is 9.90 Å². The number of rotatable bonds is 10. The van der Waals surface area contributed by atoms with E-state index in [2.05, 4.69) is 0 Å². The van der Waals surface area contributed by atoms with Crippen LogP contribution in [0.25, 0.3) is 0 Å². The van der Waals surface area contributed by atoms with Crippen molar-refractivity contribution in [2.24, 2.45) is 0 Å². The lowest BCUT2D eigenvalue weighted by Crippen LogP contribution is -2.39. The SMILES string of the molecule is CCOc1cc2c(c(F)c1OCC)C(=N)N(CC(=O)c1cc(C(C)C)c(OC)c(N3CCCCC3O)c1)C2. The normalized spacial score (nSPS) is 17.2. The van der Waals surface area contributed by atoms with Crippen LogP contribution in [-0.4, -0.2) is 61.3 Å². The zero-order valence-electron chi connectivity index (χ0n) is 22.9. The summed E-state index contributed by atoms with van der Waals surface area (Å²) in [4.78, 5) is 17.1. The molecule has 2 aromatic carbocycles. The molecule has 0 amide bonds. The minimum absolute atomic E-state index is 0.00696. The molecule has 38 heavy (non-hydrogen) atoms. The maximum absolute atomic E-state index is 15.4. The molecule has 2 aromatic rings. The third-order valence-electron chi connectivity index (χ3n) is 7.13. The van der Waals surface area contributed by atoms with Crippen LogP contribution >= 0.6 is 0 Å². The Morgan fingerprint density at radius 3 is 2.53 bits per heavy atom. The first kappa shape index (κ1) is 27.7. The molecule has 2 aliphatic heterocycles. The summed E-state index contributed by atoms with van der Waals surface area (Å²) in [6, 6.07) is 5.31. The second-order valence-corrected chi connectivity index (χ2v) is 9.99. The number of Topliss-reactive ketones (excluding diaryl/α,β-unsaturated/α-hetero) is 1. The summed E-state index contributed by atoms with van der Waals surface area (Å²) in [5.74, 6) is 0.138. The molecule has 0 saturated carbocycles. The molecule has 1 saturated heterocycles. The quantitative estimate of drug-likeness (QED) is 0.416. The molecule has 4 rings (SSSR count). The fourth-order valence-corrected chi connectivity index (χ4v) is 5.28. The molecular weight excluding hydrogens is 489 g/mol. The number of nitrogens with zero attached hydrogens (tertiary/aromatic N) is 2. The van der Waals surface area contributed by atoms with Crippen molar-refractivity contribution in [2.75, 3.05) is 38.3 Å². The van der Waals surface area contributed by atoms with Crippen LogP contribution in [0.1, 0.15) is 79.9 Å². The van der Waals surface area contributed by atoms with E-state index in [1.165, 1.54) is 0 Å². The average Bonchev–Trinajstić information content (AvgIpc) is 3.20. The van der Waals surface area contributed by atoms with Gasteiger partial charge in [0.05, 0.1) is 38.1 Å². The lowest BCUT2D eigenvalue weighted by molar-refractivity contribution is 0.0962. The van der Waals surface area contributed by atoms with Crippen LogP contribution in [0.4, 0.5) is 10.1 Å². The number of anilines is 1. The van der Waals surface area contributed by atoms with Gasteiger partial charge in [0.15, 0.2) is 23.1 Å². The molecule has 206 valence electrons. The Balaban J connectivity index is 1.66. The number of piperidine rings is 1. The maximum atomic E-state index is 15.4. The summed E-state index contributed by atoms with van der Waals surface area (Å²) < 4.78 is 32.3. The van der Waals surface area contributed by atoms with Gasteiger partial charge in [-0.3, -0.25) is 10.2 Å². The second kappa shape index (κ2) is 11.6. The van der Waals surface area contributed by atoms with Crippen molar-refractivity contribution in [3.8, 4) is 17.2 Å². The number of nitrogens with one attached hydrogen (secondary N) is 1. The van der Waals surface area contributed by atoms with Gasteiger partial charge in [-0.05, 0) is 68.4 Å². The van der Waals surface area contributed by atoms with Crippen molar-refractivity contribution < 1.29 is 28.5 Å². The molecule has 1 fully saturated rings. The summed E-state index contributed by atoms with van der Waals surface area (Å²) in [7, 11) is 1.60. The third kappa shape index (κ3) is 5.16. The number of hydrogen-bond acceptors (Lipinski definition) is 7. The highest BCUT2D eigenvalue weighted by Gasteiger charge is 2.34.